The molecule has 4 atom stereocenters. The van der Waals surface area contributed by atoms with Crippen molar-refractivity contribution < 1.29 is 4.79 Å². The Balaban J connectivity index is 2.15. The number of carbonyl (C=O) groups is 1. The van der Waals surface area contributed by atoms with Crippen LogP contribution in [0, 0.1) is 46.3 Å². The molecule has 0 amide bonds. The van der Waals surface area contributed by atoms with Gasteiger partial charge in [-0.05, 0) is 54.2 Å². The summed E-state index contributed by atoms with van der Waals surface area (Å²) < 4.78 is 0. The Kier molecular flexibility index (Phi) is 3.10. The molecule has 0 saturated heterocycles. The maximum absolute atomic E-state index is 12.2. The average molecular weight is 279 g/mol. The van der Waals surface area contributed by atoms with E-state index in [1.165, 1.54) is 12.8 Å². The highest BCUT2D eigenvalue weighted by Gasteiger charge is 2.54. The number of fused-ring (bicyclic) bond motifs is 3. The Labute approximate surface area is 126 Å². The van der Waals surface area contributed by atoms with Crippen LogP contribution >= 0.6 is 0 Å². The Hall–Kier alpha value is -1.80. The van der Waals surface area contributed by atoms with Crippen LogP contribution in [0.3, 0.4) is 0 Å². The minimum Gasteiger partial charge on any atom is -0.288 e. The zero-order valence-electron chi connectivity index (χ0n) is 12.8. The Morgan fingerprint density at radius 3 is 2.81 bits per heavy atom. The molecule has 0 radical (unpaired) electrons. The first-order valence-corrected chi connectivity index (χ1v) is 7.84. The van der Waals surface area contributed by atoms with Crippen molar-refractivity contribution in [2.75, 3.05) is 0 Å². The van der Waals surface area contributed by atoms with Gasteiger partial charge in [0.1, 0.15) is 6.07 Å². The van der Waals surface area contributed by atoms with Gasteiger partial charge >= 0.3 is 0 Å². The van der Waals surface area contributed by atoms with E-state index >= 15 is 0 Å². The molecule has 4 unspecified atom stereocenters. The van der Waals surface area contributed by atoms with Gasteiger partial charge in [0, 0.05) is 0 Å². The zero-order chi connectivity index (χ0) is 15.3. The molecule has 2 saturated carbocycles. The van der Waals surface area contributed by atoms with E-state index in [0.29, 0.717) is 11.8 Å². The van der Waals surface area contributed by atoms with Gasteiger partial charge in [0.15, 0.2) is 5.78 Å². The topological polar surface area (TPSA) is 40.9 Å². The van der Waals surface area contributed by atoms with Crippen molar-refractivity contribution in [2.45, 2.75) is 46.0 Å². The van der Waals surface area contributed by atoms with Gasteiger partial charge in [0.05, 0.1) is 11.0 Å². The van der Waals surface area contributed by atoms with Gasteiger partial charge < -0.3 is 0 Å². The molecule has 0 spiro atoms. The number of hydrogen-bond donors (Lipinski definition) is 0. The summed E-state index contributed by atoms with van der Waals surface area (Å²) in [6.45, 7) is 4.61. The molecular formula is C19H21NO. The molecule has 2 heteroatoms. The fraction of sp³-hybridized carbons (Fsp3) is 0.579. The smallest absolute Gasteiger partial charge is 0.196 e. The third kappa shape index (κ3) is 1.82. The summed E-state index contributed by atoms with van der Waals surface area (Å²) in [6, 6.07) is 2.01. The van der Waals surface area contributed by atoms with Gasteiger partial charge in [-0.25, -0.2) is 0 Å². The van der Waals surface area contributed by atoms with Gasteiger partial charge in [0.25, 0.3) is 0 Å². The SMILES string of the molecule is C#CC12C=C(C#N)C(=O)C=C1C1(C)CCCC(C)C1CC2. The molecule has 3 aliphatic rings. The molecule has 0 N–H and O–H groups in total. The minimum atomic E-state index is -0.513. The lowest BCUT2D eigenvalue weighted by molar-refractivity contribution is -0.111. The first-order valence-electron chi connectivity index (χ1n) is 7.84. The highest BCUT2D eigenvalue weighted by atomic mass is 16.1. The fourth-order valence-corrected chi connectivity index (χ4v) is 5.02. The third-order valence-corrected chi connectivity index (χ3v) is 6.12. The van der Waals surface area contributed by atoms with Crippen LogP contribution in [0.25, 0.3) is 0 Å². The summed E-state index contributed by atoms with van der Waals surface area (Å²) in [5.74, 6) is 4.04. The molecule has 0 bridgehead atoms. The maximum atomic E-state index is 12.2. The second-order valence-corrected chi connectivity index (χ2v) is 7.14. The monoisotopic (exact) mass is 279 g/mol. The third-order valence-electron chi connectivity index (χ3n) is 6.12. The second-order valence-electron chi connectivity index (χ2n) is 7.14. The largest absolute Gasteiger partial charge is 0.288 e. The summed E-state index contributed by atoms with van der Waals surface area (Å²) in [6.07, 6.45) is 14.8. The van der Waals surface area contributed by atoms with E-state index in [2.05, 4.69) is 19.8 Å². The van der Waals surface area contributed by atoms with Crippen molar-refractivity contribution in [3.8, 4) is 18.4 Å². The molecule has 0 aromatic heterocycles. The predicted molar refractivity (Wildman–Crippen MR) is 81.9 cm³/mol. The highest BCUT2D eigenvalue weighted by molar-refractivity contribution is 6.09. The number of nitriles is 1. The van der Waals surface area contributed by atoms with Crippen molar-refractivity contribution in [3.05, 3.63) is 23.3 Å². The van der Waals surface area contributed by atoms with Gasteiger partial charge in [-0.1, -0.05) is 32.6 Å². The lowest BCUT2D eigenvalue weighted by Crippen LogP contribution is -2.48. The molecule has 3 aliphatic carbocycles. The summed E-state index contributed by atoms with van der Waals surface area (Å²) >= 11 is 0. The summed E-state index contributed by atoms with van der Waals surface area (Å²) in [4.78, 5) is 12.2. The van der Waals surface area contributed by atoms with E-state index < -0.39 is 5.41 Å². The van der Waals surface area contributed by atoms with E-state index in [0.717, 1.165) is 24.8 Å². The Bertz CT molecular complexity index is 641. The van der Waals surface area contributed by atoms with Crippen LogP contribution in [0.4, 0.5) is 0 Å². The van der Waals surface area contributed by atoms with Gasteiger partial charge in [-0.3, -0.25) is 4.79 Å². The molecule has 2 nitrogen and oxygen atoms in total. The molecule has 0 aromatic carbocycles. The van der Waals surface area contributed by atoms with Crippen molar-refractivity contribution in [3.63, 3.8) is 0 Å². The van der Waals surface area contributed by atoms with Crippen LogP contribution in [0.1, 0.15) is 46.0 Å². The van der Waals surface area contributed by atoms with Crippen molar-refractivity contribution >= 4 is 5.78 Å². The zero-order valence-corrected chi connectivity index (χ0v) is 12.8. The van der Waals surface area contributed by atoms with Crippen LogP contribution in [0.5, 0.6) is 0 Å². The number of carbonyl (C=O) groups excluding carboxylic acids is 1. The first kappa shape index (κ1) is 14.2. The number of ketones is 1. The average Bonchev–Trinajstić information content (AvgIpc) is 2.47. The summed E-state index contributed by atoms with van der Waals surface area (Å²) in [5.41, 5.74) is 0.809. The number of nitrogens with zero attached hydrogens (tertiary/aromatic N) is 1. The lowest BCUT2D eigenvalue weighted by atomic mass is 9.48. The fourth-order valence-electron chi connectivity index (χ4n) is 5.02. The van der Waals surface area contributed by atoms with Gasteiger partial charge in [-0.15, -0.1) is 6.42 Å². The van der Waals surface area contributed by atoms with Crippen LogP contribution in [-0.2, 0) is 4.79 Å². The van der Waals surface area contributed by atoms with Crippen molar-refractivity contribution in [1.82, 2.24) is 0 Å². The maximum Gasteiger partial charge on any atom is 0.196 e. The quantitative estimate of drug-likeness (QED) is 0.633. The van der Waals surface area contributed by atoms with Gasteiger partial charge in [0.2, 0.25) is 0 Å². The van der Waals surface area contributed by atoms with E-state index in [1.54, 1.807) is 12.2 Å². The molecule has 108 valence electrons. The molecule has 3 rings (SSSR count). The van der Waals surface area contributed by atoms with Crippen LogP contribution in [0.2, 0.25) is 0 Å². The number of hydrogen-bond acceptors (Lipinski definition) is 2. The second kappa shape index (κ2) is 4.60. The standard InChI is InChI=1S/C19H21NO/c1-4-19-9-7-15-13(2)6-5-8-18(15,3)17(19)10-16(21)14(11-19)12-20/h1,10-11,13,15H,5-9H2,2-3H3. The first-order chi connectivity index (χ1) is 9.97. The van der Waals surface area contributed by atoms with Crippen LogP contribution in [-0.4, -0.2) is 5.78 Å². The number of rotatable bonds is 0. The van der Waals surface area contributed by atoms with Crippen molar-refractivity contribution in [2.24, 2.45) is 22.7 Å². The Morgan fingerprint density at radius 1 is 1.38 bits per heavy atom. The number of allylic oxidation sites excluding steroid dienone is 4. The molecule has 21 heavy (non-hydrogen) atoms. The van der Waals surface area contributed by atoms with E-state index in [1.807, 2.05) is 6.07 Å². The summed E-state index contributed by atoms with van der Waals surface area (Å²) in [7, 11) is 0. The van der Waals surface area contributed by atoms with Crippen LogP contribution in [0.15, 0.2) is 23.3 Å². The lowest BCUT2D eigenvalue weighted by Gasteiger charge is -2.55. The normalized spacial score (nSPS) is 41.8. The molecule has 0 aliphatic heterocycles. The predicted octanol–water partition coefficient (Wildman–Crippen LogP) is 3.80. The minimum absolute atomic E-state index is 0.00936. The van der Waals surface area contributed by atoms with E-state index in [9.17, 15) is 4.79 Å². The Morgan fingerprint density at radius 2 is 2.14 bits per heavy atom. The number of terminal acetylenes is 1. The van der Waals surface area contributed by atoms with Crippen molar-refractivity contribution in [1.29, 1.82) is 5.26 Å². The van der Waals surface area contributed by atoms with Crippen LogP contribution < -0.4 is 0 Å². The van der Waals surface area contributed by atoms with E-state index in [4.69, 9.17) is 11.7 Å². The highest BCUT2D eigenvalue weighted by Crippen LogP contribution is 2.62. The summed E-state index contributed by atoms with van der Waals surface area (Å²) in [5, 5.41) is 9.16. The van der Waals surface area contributed by atoms with E-state index in [-0.39, 0.29) is 16.8 Å². The molecular weight excluding hydrogens is 258 g/mol. The molecule has 0 aromatic rings. The molecule has 0 heterocycles. The van der Waals surface area contributed by atoms with Gasteiger partial charge in [-0.2, -0.15) is 5.26 Å². The molecule has 2 fully saturated rings.